The Kier molecular flexibility index (Phi) is 7.88. The van der Waals surface area contributed by atoms with Gasteiger partial charge in [0.2, 0.25) is 0 Å². The van der Waals surface area contributed by atoms with E-state index in [1.165, 1.54) is 18.2 Å². The maximum absolute atomic E-state index is 13.7. The van der Waals surface area contributed by atoms with E-state index >= 15 is 0 Å². The summed E-state index contributed by atoms with van der Waals surface area (Å²) < 4.78 is 13.7. The van der Waals surface area contributed by atoms with Gasteiger partial charge in [-0.25, -0.2) is 9.38 Å². The molecule has 0 atom stereocenters. The molecular weight excluding hydrogens is 355 g/mol. The van der Waals surface area contributed by atoms with Crippen molar-refractivity contribution >= 4 is 23.4 Å². The molecule has 0 saturated carbocycles. The molecule has 2 aromatic carbocycles. The van der Waals surface area contributed by atoms with Crippen molar-refractivity contribution in [3.05, 3.63) is 75.6 Å². The highest BCUT2D eigenvalue weighted by atomic mass is 32.2. The lowest BCUT2D eigenvalue weighted by atomic mass is 10.2. The highest BCUT2D eigenvalue weighted by Crippen LogP contribution is 2.12. The van der Waals surface area contributed by atoms with Crippen LogP contribution in [-0.4, -0.2) is 29.4 Å². The van der Waals surface area contributed by atoms with Crippen molar-refractivity contribution < 1.29 is 9.31 Å². The molecule has 138 valence electrons. The first-order valence-corrected chi connectivity index (χ1v) is 9.47. The van der Waals surface area contributed by atoms with Crippen LogP contribution in [0.3, 0.4) is 0 Å². The maximum atomic E-state index is 13.7. The van der Waals surface area contributed by atoms with Crippen LogP contribution < -0.4 is 10.6 Å². The number of nitrogens with zero attached hydrogens (tertiary/aromatic N) is 2. The Hall–Kier alpha value is -2.61. The summed E-state index contributed by atoms with van der Waals surface area (Å²) in [4.78, 5) is 14.7. The van der Waals surface area contributed by atoms with Crippen LogP contribution in [0.2, 0.25) is 0 Å². The number of nitro benzene ring substituents is 1. The molecule has 6 nitrogen and oxygen atoms in total. The van der Waals surface area contributed by atoms with Crippen molar-refractivity contribution in [1.82, 2.24) is 10.6 Å². The van der Waals surface area contributed by atoms with Crippen LogP contribution in [0.15, 0.2) is 53.5 Å². The quantitative estimate of drug-likeness (QED) is 0.243. The molecular formula is C18H21FN4O2S. The Balaban J connectivity index is 2.01. The van der Waals surface area contributed by atoms with Gasteiger partial charge in [-0.1, -0.05) is 30.3 Å². The second-order valence-electron chi connectivity index (χ2n) is 5.45. The number of aliphatic imine (C=N–C) groups is 1. The molecule has 0 aliphatic heterocycles. The minimum atomic E-state index is -0.432. The summed E-state index contributed by atoms with van der Waals surface area (Å²) >= 11 is 1.71. The highest BCUT2D eigenvalue weighted by Gasteiger charge is 2.05. The molecule has 0 unspecified atom stereocenters. The number of thioether (sulfide) groups is 1. The van der Waals surface area contributed by atoms with Crippen molar-refractivity contribution in [3.63, 3.8) is 0 Å². The van der Waals surface area contributed by atoms with Crippen LogP contribution in [0.4, 0.5) is 10.1 Å². The molecule has 0 aliphatic rings. The van der Waals surface area contributed by atoms with Gasteiger partial charge in [-0.2, -0.15) is 11.8 Å². The Morgan fingerprint density at radius 2 is 1.92 bits per heavy atom. The van der Waals surface area contributed by atoms with Crippen LogP contribution in [0.5, 0.6) is 0 Å². The molecule has 0 aliphatic carbocycles. The second-order valence-corrected chi connectivity index (χ2v) is 6.44. The number of hydrogen-bond donors (Lipinski definition) is 2. The van der Waals surface area contributed by atoms with Crippen molar-refractivity contribution in [2.45, 2.75) is 13.1 Å². The predicted octanol–water partition coefficient (Wildman–Crippen LogP) is 3.33. The van der Waals surface area contributed by atoms with E-state index in [0.29, 0.717) is 24.6 Å². The maximum Gasteiger partial charge on any atom is 0.269 e. The van der Waals surface area contributed by atoms with Crippen LogP contribution in [0.1, 0.15) is 11.1 Å². The molecule has 0 amide bonds. The third-order valence-electron chi connectivity index (χ3n) is 3.57. The van der Waals surface area contributed by atoms with E-state index in [-0.39, 0.29) is 11.5 Å². The fourth-order valence-electron chi connectivity index (χ4n) is 2.16. The first kappa shape index (κ1) is 19.7. The zero-order valence-corrected chi connectivity index (χ0v) is 15.3. The largest absolute Gasteiger partial charge is 0.356 e. The van der Waals surface area contributed by atoms with Gasteiger partial charge in [0.1, 0.15) is 5.82 Å². The van der Waals surface area contributed by atoms with Crippen molar-refractivity contribution in [2.75, 3.05) is 18.6 Å². The molecule has 2 rings (SSSR count). The lowest BCUT2D eigenvalue weighted by molar-refractivity contribution is -0.384. The van der Waals surface area contributed by atoms with Gasteiger partial charge in [0.15, 0.2) is 5.96 Å². The van der Waals surface area contributed by atoms with Gasteiger partial charge in [-0.15, -0.1) is 0 Å². The number of benzene rings is 2. The molecule has 0 aromatic heterocycles. The lowest BCUT2D eigenvalue weighted by Gasteiger charge is -2.13. The molecule has 0 saturated heterocycles. The third-order valence-corrected chi connectivity index (χ3v) is 4.18. The molecule has 8 heteroatoms. The normalized spacial score (nSPS) is 11.2. The fraction of sp³-hybridized carbons (Fsp3) is 0.278. The fourth-order valence-corrected chi connectivity index (χ4v) is 2.47. The smallest absolute Gasteiger partial charge is 0.269 e. The van der Waals surface area contributed by atoms with Crippen LogP contribution in [0, 0.1) is 15.9 Å². The number of nitro groups is 1. The van der Waals surface area contributed by atoms with Crippen molar-refractivity contribution in [3.8, 4) is 0 Å². The molecule has 0 fully saturated rings. The summed E-state index contributed by atoms with van der Waals surface area (Å²) in [6.45, 7) is 1.41. The van der Waals surface area contributed by atoms with Crippen molar-refractivity contribution in [1.29, 1.82) is 0 Å². The van der Waals surface area contributed by atoms with Gasteiger partial charge < -0.3 is 10.6 Å². The number of halogens is 1. The SMILES string of the molecule is CSCCNC(=NCc1ccc([N+](=O)[O-])cc1)NCc1ccccc1F. The van der Waals surface area contributed by atoms with E-state index < -0.39 is 4.92 Å². The number of nitrogens with one attached hydrogen (secondary N) is 2. The summed E-state index contributed by atoms with van der Waals surface area (Å²) in [5.41, 5.74) is 1.46. The van der Waals surface area contributed by atoms with Gasteiger partial charge in [0.25, 0.3) is 5.69 Å². The standard InChI is InChI=1S/C18H21FN4O2S/c1-26-11-10-20-18(22-13-15-4-2-3-5-17(15)19)21-12-14-6-8-16(9-7-14)23(24)25/h2-9H,10-13H2,1H3,(H2,20,21,22). The molecule has 2 N–H and O–H groups in total. The first-order chi connectivity index (χ1) is 12.6. The zero-order chi connectivity index (χ0) is 18.8. The number of hydrogen-bond acceptors (Lipinski definition) is 4. The molecule has 0 heterocycles. The number of rotatable bonds is 8. The van der Waals surface area contributed by atoms with Crippen LogP contribution in [0.25, 0.3) is 0 Å². The zero-order valence-electron chi connectivity index (χ0n) is 14.4. The number of non-ortho nitro benzene ring substituents is 1. The minimum absolute atomic E-state index is 0.0497. The molecule has 26 heavy (non-hydrogen) atoms. The third kappa shape index (κ3) is 6.36. The topological polar surface area (TPSA) is 79.6 Å². The Morgan fingerprint density at radius 3 is 2.58 bits per heavy atom. The van der Waals surface area contributed by atoms with Gasteiger partial charge in [0, 0.05) is 36.5 Å². The van der Waals surface area contributed by atoms with Crippen LogP contribution in [-0.2, 0) is 13.1 Å². The van der Waals surface area contributed by atoms with Gasteiger partial charge in [0.05, 0.1) is 11.5 Å². The van der Waals surface area contributed by atoms with E-state index in [2.05, 4.69) is 15.6 Å². The van der Waals surface area contributed by atoms with Crippen LogP contribution >= 0.6 is 11.8 Å². The van der Waals surface area contributed by atoms with E-state index in [4.69, 9.17) is 0 Å². The summed E-state index contributed by atoms with van der Waals surface area (Å²) in [6, 6.07) is 12.9. The predicted molar refractivity (Wildman–Crippen MR) is 104 cm³/mol. The second kappa shape index (κ2) is 10.4. The highest BCUT2D eigenvalue weighted by molar-refractivity contribution is 7.98. The van der Waals surface area contributed by atoms with Crippen molar-refractivity contribution in [2.24, 2.45) is 4.99 Å². The first-order valence-electron chi connectivity index (χ1n) is 8.08. The molecule has 2 aromatic rings. The molecule has 0 radical (unpaired) electrons. The molecule has 0 spiro atoms. The summed E-state index contributed by atoms with van der Waals surface area (Å²) in [7, 11) is 0. The van der Waals surface area contributed by atoms with E-state index in [0.717, 1.165) is 17.9 Å². The average molecular weight is 376 g/mol. The summed E-state index contributed by atoms with van der Waals surface area (Å²) in [5, 5.41) is 17.0. The number of guanidine groups is 1. The monoisotopic (exact) mass is 376 g/mol. The Labute approximate surface area is 156 Å². The molecule has 0 bridgehead atoms. The van der Waals surface area contributed by atoms with E-state index in [9.17, 15) is 14.5 Å². The summed E-state index contributed by atoms with van der Waals surface area (Å²) in [5.74, 6) is 1.22. The van der Waals surface area contributed by atoms with Gasteiger partial charge in [-0.05, 0) is 17.9 Å². The minimum Gasteiger partial charge on any atom is -0.356 e. The lowest BCUT2D eigenvalue weighted by Crippen LogP contribution is -2.38. The van der Waals surface area contributed by atoms with Gasteiger partial charge >= 0.3 is 0 Å². The van der Waals surface area contributed by atoms with E-state index in [1.807, 2.05) is 6.26 Å². The average Bonchev–Trinajstić information content (AvgIpc) is 2.65. The summed E-state index contributed by atoms with van der Waals surface area (Å²) in [6.07, 6.45) is 2.02. The van der Waals surface area contributed by atoms with Gasteiger partial charge in [-0.3, -0.25) is 10.1 Å². The van der Waals surface area contributed by atoms with E-state index in [1.54, 1.807) is 42.1 Å². The Bertz CT molecular complexity index is 753. The Morgan fingerprint density at radius 1 is 1.19 bits per heavy atom.